The summed E-state index contributed by atoms with van der Waals surface area (Å²) in [6, 6.07) is 0. The number of carbonyl (C=O) groups excluding carboxylic acids is 1. The highest BCUT2D eigenvalue weighted by atomic mass is 32.1. The van der Waals surface area contributed by atoms with E-state index in [0.29, 0.717) is 12.1 Å². The summed E-state index contributed by atoms with van der Waals surface area (Å²) in [7, 11) is 1.78. The first-order valence-electron chi connectivity index (χ1n) is 6.70. The molecule has 0 aromatic carbocycles. The van der Waals surface area contributed by atoms with Gasteiger partial charge in [0.1, 0.15) is 5.00 Å². The summed E-state index contributed by atoms with van der Waals surface area (Å²) in [6.45, 7) is 2.14. The molecule has 1 saturated carbocycles. The van der Waals surface area contributed by atoms with Crippen molar-refractivity contribution >= 4 is 22.4 Å². The Balaban J connectivity index is 1.99. The summed E-state index contributed by atoms with van der Waals surface area (Å²) < 4.78 is 4.18. The van der Waals surface area contributed by atoms with Crippen LogP contribution in [0.25, 0.3) is 0 Å². The highest BCUT2D eigenvalue weighted by Gasteiger charge is 2.30. The average Bonchev–Trinajstić information content (AvgIpc) is 2.78. The van der Waals surface area contributed by atoms with Crippen LogP contribution in [0, 0.1) is 6.92 Å². The van der Waals surface area contributed by atoms with E-state index in [4.69, 9.17) is 0 Å². The van der Waals surface area contributed by atoms with Crippen molar-refractivity contribution in [2.24, 2.45) is 0 Å². The van der Waals surface area contributed by atoms with Gasteiger partial charge in [0.05, 0.1) is 16.9 Å². The Morgan fingerprint density at radius 1 is 1.42 bits per heavy atom. The van der Waals surface area contributed by atoms with E-state index in [9.17, 15) is 9.90 Å². The van der Waals surface area contributed by atoms with Crippen LogP contribution in [0.4, 0.5) is 5.00 Å². The molecule has 1 aliphatic rings. The summed E-state index contributed by atoms with van der Waals surface area (Å²) in [5, 5.41) is 17.0. The molecular formula is C13H21N3O2S. The molecule has 3 N–H and O–H groups in total. The van der Waals surface area contributed by atoms with Gasteiger partial charge in [0.15, 0.2) is 0 Å². The van der Waals surface area contributed by atoms with E-state index in [1.807, 2.05) is 6.92 Å². The Labute approximate surface area is 117 Å². The Kier molecular flexibility index (Phi) is 4.42. The molecule has 2 rings (SSSR count). The van der Waals surface area contributed by atoms with Gasteiger partial charge in [-0.3, -0.25) is 4.79 Å². The predicted octanol–water partition coefficient (Wildman–Crippen LogP) is 1.92. The van der Waals surface area contributed by atoms with Crippen LogP contribution in [0.5, 0.6) is 0 Å². The van der Waals surface area contributed by atoms with Crippen LogP contribution in [0.15, 0.2) is 0 Å². The maximum Gasteiger partial charge on any atom is 0.256 e. The number of hydrogen-bond donors (Lipinski definition) is 3. The number of aromatic nitrogens is 1. The number of aryl methyl sites for hydroxylation is 1. The molecule has 1 aliphatic carbocycles. The predicted molar refractivity (Wildman–Crippen MR) is 76.8 cm³/mol. The second kappa shape index (κ2) is 5.88. The van der Waals surface area contributed by atoms with Crippen molar-refractivity contribution in [3.8, 4) is 0 Å². The number of anilines is 1. The average molecular weight is 283 g/mol. The number of nitrogens with zero attached hydrogens (tertiary/aromatic N) is 1. The first-order chi connectivity index (χ1) is 9.06. The van der Waals surface area contributed by atoms with Crippen molar-refractivity contribution in [3.63, 3.8) is 0 Å². The molecule has 0 atom stereocenters. The lowest BCUT2D eigenvalue weighted by molar-refractivity contribution is 0.00525. The zero-order valence-corrected chi connectivity index (χ0v) is 12.3. The van der Waals surface area contributed by atoms with Gasteiger partial charge in [-0.25, -0.2) is 0 Å². The molecule has 1 aromatic heterocycles. The van der Waals surface area contributed by atoms with Gasteiger partial charge in [-0.05, 0) is 31.3 Å². The molecule has 1 amide bonds. The zero-order valence-electron chi connectivity index (χ0n) is 11.5. The van der Waals surface area contributed by atoms with E-state index >= 15 is 0 Å². The van der Waals surface area contributed by atoms with E-state index in [0.717, 1.165) is 36.4 Å². The van der Waals surface area contributed by atoms with E-state index in [1.165, 1.54) is 18.0 Å². The second-order valence-corrected chi connectivity index (χ2v) is 5.96. The molecule has 1 heterocycles. The first kappa shape index (κ1) is 14.3. The van der Waals surface area contributed by atoms with Crippen molar-refractivity contribution in [3.05, 3.63) is 11.3 Å². The van der Waals surface area contributed by atoms with Gasteiger partial charge in [0.25, 0.3) is 5.91 Å². The quantitative estimate of drug-likeness (QED) is 0.789. The van der Waals surface area contributed by atoms with Gasteiger partial charge in [-0.2, -0.15) is 4.37 Å². The van der Waals surface area contributed by atoms with E-state index in [2.05, 4.69) is 15.0 Å². The normalized spacial score (nSPS) is 18.1. The van der Waals surface area contributed by atoms with E-state index in [-0.39, 0.29) is 5.91 Å². The summed E-state index contributed by atoms with van der Waals surface area (Å²) in [4.78, 5) is 12.2. The highest BCUT2D eigenvalue weighted by Crippen LogP contribution is 2.28. The second-order valence-electron chi connectivity index (χ2n) is 5.19. The Bertz CT molecular complexity index is 453. The van der Waals surface area contributed by atoms with Crippen molar-refractivity contribution in [1.29, 1.82) is 0 Å². The third kappa shape index (κ3) is 3.25. The lowest BCUT2D eigenvalue weighted by Crippen LogP contribution is -2.44. The molecule has 19 heavy (non-hydrogen) atoms. The molecule has 0 radical (unpaired) electrons. The summed E-state index contributed by atoms with van der Waals surface area (Å²) in [5.41, 5.74) is 0.583. The molecule has 0 aliphatic heterocycles. The molecule has 5 nitrogen and oxygen atoms in total. The number of hydrogen-bond acceptors (Lipinski definition) is 5. The van der Waals surface area contributed by atoms with Crippen LogP contribution in [0.1, 0.15) is 48.2 Å². The van der Waals surface area contributed by atoms with Crippen molar-refractivity contribution in [1.82, 2.24) is 9.69 Å². The molecule has 106 valence electrons. The maximum absolute atomic E-state index is 12.2. The molecule has 0 spiro atoms. The summed E-state index contributed by atoms with van der Waals surface area (Å²) in [6.07, 6.45) is 4.79. The number of rotatable bonds is 4. The van der Waals surface area contributed by atoms with Crippen LogP contribution in [-0.2, 0) is 0 Å². The van der Waals surface area contributed by atoms with Crippen LogP contribution in [0.2, 0.25) is 0 Å². The SMILES string of the molecule is CNc1snc(C)c1C(=O)NCC1(O)CCCCC1. The number of aliphatic hydroxyl groups is 1. The lowest BCUT2D eigenvalue weighted by atomic mass is 9.85. The third-order valence-corrected chi connectivity index (χ3v) is 4.64. The van der Waals surface area contributed by atoms with Gasteiger partial charge in [0.2, 0.25) is 0 Å². The molecule has 0 saturated heterocycles. The lowest BCUT2D eigenvalue weighted by Gasteiger charge is -2.32. The zero-order chi connectivity index (χ0) is 13.9. The Morgan fingerprint density at radius 2 is 2.11 bits per heavy atom. The van der Waals surface area contributed by atoms with E-state index < -0.39 is 5.60 Å². The highest BCUT2D eigenvalue weighted by molar-refractivity contribution is 7.10. The number of nitrogens with one attached hydrogen (secondary N) is 2. The van der Waals surface area contributed by atoms with Gasteiger partial charge >= 0.3 is 0 Å². The molecule has 0 bridgehead atoms. The standard InChI is InChI=1S/C13H21N3O2S/c1-9-10(12(14-2)19-16-9)11(17)15-8-13(18)6-4-3-5-7-13/h14,18H,3-8H2,1-2H3,(H,15,17). The molecule has 0 unspecified atom stereocenters. The fourth-order valence-corrected chi connectivity index (χ4v) is 3.27. The minimum atomic E-state index is -0.731. The number of amides is 1. The fourth-order valence-electron chi connectivity index (χ4n) is 2.53. The van der Waals surface area contributed by atoms with Gasteiger partial charge < -0.3 is 15.7 Å². The monoisotopic (exact) mass is 283 g/mol. The molecule has 1 fully saturated rings. The number of carbonyl (C=O) groups is 1. The molecule has 6 heteroatoms. The topological polar surface area (TPSA) is 74.2 Å². The first-order valence-corrected chi connectivity index (χ1v) is 7.48. The van der Waals surface area contributed by atoms with Gasteiger partial charge in [0, 0.05) is 13.6 Å². The van der Waals surface area contributed by atoms with Gasteiger partial charge in [-0.1, -0.05) is 19.3 Å². The Morgan fingerprint density at radius 3 is 2.74 bits per heavy atom. The summed E-state index contributed by atoms with van der Waals surface area (Å²) in [5.74, 6) is -0.158. The van der Waals surface area contributed by atoms with Crippen molar-refractivity contribution in [2.45, 2.75) is 44.6 Å². The molecule has 1 aromatic rings. The minimum Gasteiger partial charge on any atom is -0.388 e. The van der Waals surface area contributed by atoms with Crippen LogP contribution >= 0.6 is 11.5 Å². The maximum atomic E-state index is 12.2. The van der Waals surface area contributed by atoms with Crippen LogP contribution in [0.3, 0.4) is 0 Å². The Hall–Kier alpha value is -1.14. The van der Waals surface area contributed by atoms with Crippen molar-refractivity contribution in [2.75, 3.05) is 18.9 Å². The van der Waals surface area contributed by atoms with E-state index in [1.54, 1.807) is 7.05 Å². The van der Waals surface area contributed by atoms with Crippen molar-refractivity contribution < 1.29 is 9.90 Å². The summed E-state index contributed by atoms with van der Waals surface area (Å²) >= 11 is 1.28. The fraction of sp³-hybridized carbons (Fsp3) is 0.692. The van der Waals surface area contributed by atoms with Gasteiger partial charge in [-0.15, -0.1) is 0 Å². The smallest absolute Gasteiger partial charge is 0.256 e. The van der Waals surface area contributed by atoms with Crippen LogP contribution in [-0.4, -0.2) is 34.6 Å². The molecular weight excluding hydrogens is 262 g/mol. The van der Waals surface area contributed by atoms with Crippen LogP contribution < -0.4 is 10.6 Å². The third-order valence-electron chi connectivity index (χ3n) is 3.68. The largest absolute Gasteiger partial charge is 0.388 e. The minimum absolute atomic E-state index is 0.158.